The van der Waals surface area contributed by atoms with Gasteiger partial charge >= 0.3 is 0 Å². The molecule has 100 valence electrons. The van der Waals surface area contributed by atoms with Crippen molar-refractivity contribution in [1.29, 1.82) is 0 Å². The molecule has 1 N–H and O–H groups in total. The number of rotatable bonds is 1. The van der Waals surface area contributed by atoms with E-state index in [-0.39, 0.29) is 0 Å². The molecule has 0 aromatic heterocycles. The number of hydrogen-bond donors (Lipinski definition) is 1. The Kier molecular flexibility index (Phi) is 2.62. The van der Waals surface area contributed by atoms with Gasteiger partial charge in [0.1, 0.15) is 0 Å². The summed E-state index contributed by atoms with van der Waals surface area (Å²) in [6.07, 6.45) is 5.93. The monoisotopic (exact) mass is 249 g/mol. The molecule has 4 rings (SSSR count). The van der Waals surface area contributed by atoms with Gasteiger partial charge in [0, 0.05) is 44.2 Å². The standard InChI is InChI=1S/C14H23N3O/c18-14-7-13(12-4-2-6-17(12)14)16-8-10-3-1-5-15-11(10)9-16/h10-13,15H,1-9H2/t10-,11+,12?,13?/m0/s1. The van der Waals surface area contributed by atoms with Crippen LogP contribution in [-0.4, -0.2) is 60.0 Å². The van der Waals surface area contributed by atoms with Crippen LogP contribution in [0.2, 0.25) is 0 Å². The zero-order valence-corrected chi connectivity index (χ0v) is 11.0. The van der Waals surface area contributed by atoms with Crippen molar-refractivity contribution in [2.45, 2.75) is 50.2 Å². The molecule has 4 fully saturated rings. The van der Waals surface area contributed by atoms with E-state index in [1.165, 1.54) is 45.3 Å². The molecule has 18 heavy (non-hydrogen) atoms. The Hall–Kier alpha value is -0.610. The summed E-state index contributed by atoms with van der Waals surface area (Å²) < 4.78 is 0. The first-order chi connectivity index (χ1) is 8.83. The van der Waals surface area contributed by atoms with Crippen molar-refractivity contribution >= 4 is 5.91 Å². The lowest BCUT2D eigenvalue weighted by Gasteiger charge is -2.28. The third kappa shape index (κ3) is 1.62. The van der Waals surface area contributed by atoms with E-state index in [2.05, 4.69) is 15.1 Å². The van der Waals surface area contributed by atoms with E-state index >= 15 is 0 Å². The van der Waals surface area contributed by atoms with Crippen LogP contribution in [0.15, 0.2) is 0 Å². The number of carbonyl (C=O) groups is 1. The summed E-state index contributed by atoms with van der Waals surface area (Å²) in [6.45, 7) is 4.60. The zero-order valence-electron chi connectivity index (χ0n) is 11.0. The summed E-state index contributed by atoms with van der Waals surface area (Å²) in [5.74, 6) is 1.25. The van der Waals surface area contributed by atoms with Crippen LogP contribution in [0.5, 0.6) is 0 Å². The third-order valence-corrected chi connectivity index (χ3v) is 5.54. The van der Waals surface area contributed by atoms with Crippen molar-refractivity contribution in [3.63, 3.8) is 0 Å². The highest BCUT2D eigenvalue weighted by molar-refractivity contribution is 5.80. The van der Waals surface area contributed by atoms with Crippen LogP contribution < -0.4 is 5.32 Å². The van der Waals surface area contributed by atoms with Gasteiger partial charge in [-0.3, -0.25) is 9.69 Å². The molecule has 1 amide bonds. The average molecular weight is 249 g/mol. The average Bonchev–Trinajstić information content (AvgIpc) is 3.05. The molecular formula is C14H23N3O. The Labute approximate surface area is 109 Å². The van der Waals surface area contributed by atoms with Crippen molar-refractivity contribution in [3.8, 4) is 0 Å². The molecule has 4 saturated heterocycles. The van der Waals surface area contributed by atoms with Crippen molar-refractivity contribution in [1.82, 2.24) is 15.1 Å². The molecule has 4 heterocycles. The summed E-state index contributed by atoms with van der Waals surface area (Å²) in [6, 6.07) is 1.76. The van der Waals surface area contributed by atoms with Crippen molar-refractivity contribution < 1.29 is 4.79 Å². The molecular weight excluding hydrogens is 226 g/mol. The Morgan fingerprint density at radius 3 is 2.94 bits per heavy atom. The second kappa shape index (κ2) is 4.20. The van der Waals surface area contributed by atoms with Crippen LogP contribution in [0.1, 0.15) is 32.1 Å². The lowest BCUT2D eigenvalue weighted by Crippen LogP contribution is -2.43. The molecule has 2 unspecified atom stereocenters. The number of hydrogen-bond acceptors (Lipinski definition) is 3. The summed E-state index contributed by atoms with van der Waals surface area (Å²) >= 11 is 0. The summed E-state index contributed by atoms with van der Waals surface area (Å²) in [5.41, 5.74) is 0. The van der Waals surface area contributed by atoms with Crippen LogP contribution in [0, 0.1) is 5.92 Å². The maximum Gasteiger partial charge on any atom is 0.224 e. The van der Waals surface area contributed by atoms with Gasteiger partial charge in [-0.1, -0.05) is 0 Å². The van der Waals surface area contributed by atoms with E-state index in [0.29, 0.717) is 24.0 Å². The maximum atomic E-state index is 12.0. The number of nitrogens with zero attached hydrogens (tertiary/aromatic N) is 2. The molecule has 0 aromatic carbocycles. The minimum absolute atomic E-state index is 0.408. The first-order valence-electron chi connectivity index (χ1n) is 7.60. The first kappa shape index (κ1) is 11.2. The predicted octanol–water partition coefficient (Wildman–Crippen LogP) is 0.434. The molecule has 4 aliphatic heterocycles. The van der Waals surface area contributed by atoms with Gasteiger partial charge in [-0.05, 0) is 38.1 Å². The molecule has 0 spiro atoms. The van der Waals surface area contributed by atoms with Gasteiger partial charge in [-0.25, -0.2) is 0 Å². The molecule has 0 saturated carbocycles. The molecule has 4 aliphatic rings. The van der Waals surface area contributed by atoms with Crippen LogP contribution in [0.4, 0.5) is 0 Å². The van der Waals surface area contributed by atoms with Gasteiger partial charge < -0.3 is 10.2 Å². The minimum atomic E-state index is 0.408. The van der Waals surface area contributed by atoms with E-state index in [9.17, 15) is 4.79 Å². The zero-order chi connectivity index (χ0) is 12.1. The Morgan fingerprint density at radius 1 is 1.11 bits per heavy atom. The molecule has 4 atom stereocenters. The number of piperidine rings is 1. The highest BCUT2D eigenvalue weighted by Gasteiger charge is 2.48. The minimum Gasteiger partial charge on any atom is -0.338 e. The smallest absolute Gasteiger partial charge is 0.224 e. The van der Waals surface area contributed by atoms with Gasteiger partial charge in [0.05, 0.1) is 0 Å². The molecule has 0 radical (unpaired) electrons. The Bertz CT molecular complexity index is 345. The quantitative estimate of drug-likeness (QED) is 0.732. The van der Waals surface area contributed by atoms with Crippen LogP contribution >= 0.6 is 0 Å². The van der Waals surface area contributed by atoms with Gasteiger partial charge in [0.2, 0.25) is 5.91 Å². The summed E-state index contributed by atoms with van der Waals surface area (Å²) in [5, 5.41) is 3.67. The second-order valence-corrected chi connectivity index (χ2v) is 6.49. The van der Waals surface area contributed by atoms with Crippen LogP contribution in [0.25, 0.3) is 0 Å². The van der Waals surface area contributed by atoms with Gasteiger partial charge in [-0.15, -0.1) is 0 Å². The Balaban J connectivity index is 1.49. The van der Waals surface area contributed by atoms with Crippen LogP contribution in [0.3, 0.4) is 0 Å². The first-order valence-corrected chi connectivity index (χ1v) is 7.60. The highest BCUT2D eigenvalue weighted by Crippen LogP contribution is 2.36. The molecule has 4 nitrogen and oxygen atoms in total. The fraction of sp³-hybridized carbons (Fsp3) is 0.929. The van der Waals surface area contributed by atoms with Crippen molar-refractivity contribution in [3.05, 3.63) is 0 Å². The van der Waals surface area contributed by atoms with Gasteiger partial charge in [0.25, 0.3) is 0 Å². The number of carbonyl (C=O) groups excluding carboxylic acids is 1. The lowest BCUT2D eigenvalue weighted by molar-refractivity contribution is -0.127. The maximum absolute atomic E-state index is 12.0. The van der Waals surface area contributed by atoms with E-state index < -0.39 is 0 Å². The topological polar surface area (TPSA) is 35.6 Å². The van der Waals surface area contributed by atoms with Gasteiger partial charge in [-0.2, -0.15) is 0 Å². The van der Waals surface area contributed by atoms with E-state index in [1.807, 2.05) is 0 Å². The number of amides is 1. The summed E-state index contributed by atoms with van der Waals surface area (Å²) in [4.78, 5) is 16.8. The summed E-state index contributed by atoms with van der Waals surface area (Å²) in [7, 11) is 0. The lowest BCUT2D eigenvalue weighted by atomic mass is 9.94. The van der Waals surface area contributed by atoms with Crippen molar-refractivity contribution in [2.75, 3.05) is 26.2 Å². The number of nitrogens with one attached hydrogen (secondary N) is 1. The van der Waals surface area contributed by atoms with E-state index in [4.69, 9.17) is 0 Å². The SMILES string of the molecule is O=C1CC(N2C[C@@H]3CCCN[C@@H]3C2)C2CCCN12. The molecule has 4 heteroatoms. The number of fused-ring (bicyclic) bond motifs is 2. The molecule has 0 aliphatic carbocycles. The fourth-order valence-corrected chi connectivity index (χ4v) is 4.66. The van der Waals surface area contributed by atoms with Crippen LogP contribution in [-0.2, 0) is 4.79 Å². The second-order valence-electron chi connectivity index (χ2n) is 6.49. The number of likely N-dealkylation sites (tertiary alicyclic amines) is 1. The van der Waals surface area contributed by atoms with E-state index in [0.717, 1.165) is 18.9 Å². The fourth-order valence-electron chi connectivity index (χ4n) is 4.66. The van der Waals surface area contributed by atoms with E-state index in [1.54, 1.807) is 0 Å². The van der Waals surface area contributed by atoms with Crippen molar-refractivity contribution in [2.24, 2.45) is 5.92 Å². The molecule has 0 bridgehead atoms. The largest absolute Gasteiger partial charge is 0.338 e. The Morgan fingerprint density at radius 2 is 2.06 bits per heavy atom. The normalized spacial score (nSPS) is 44.4. The third-order valence-electron chi connectivity index (χ3n) is 5.54. The molecule has 0 aromatic rings. The highest BCUT2D eigenvalue weighted by atomic mass is 16.2. The predicted molar refractivity (Wildman–Crippen MR) is 69.2 cm³/mol. The van der Waals surface area contributed by atoms with Gasteiger partial charge in [0.15, 0.2) is 0 Å².